The van der Waals surface area contributed by atoms with Gasteiger partial charge in [-0.1, -0.05) is 37.6 Å². The SMILES string of the molecule is CC(C)c1ccc(NC(=O)N2CCC3(CC2)SCCN3C(=O)c2ccc(Cl)cc2)cc1. The van der Waals surface area contributed by atoms with Crippen LogP contribution in [0.3, 0.4) is 0 Å². The Morgan fingerprint density at radius 2 is 1.65 bits per heavy atom. The van der Waals surface area contributed by atoms with E-state index >= 15 is 0 Å². The van der Waals surface area contributed by atoms with Crippen molar-refractivity contribution < 1.29 is 9.59 Å². The minimum atomic E-state index is -0.230. The van der Waals surface area contributed by atoms with Crippen LogP contribution in [-0.4, -0.2) is 52.0 Å². The van der Waals surface area contributed by atoms with Gasteiger partial charge in [-0.25, -0.2) is 4.79 Å². The maximum atomic E-state index is 13.1. The Bertz CT molecular complexity index is 938. The topological polar surface area (TPSA) is 52.7 Å². The number of anilines is 1. The number of benzene rings is 2. The van der Waals surface area contributed by atoms with E-state index in [9.17, 15) is 9.59 Å². The van der Waals surface area contributed by atoms with E-state index < -0.39 is 0 Å². The Kier molecular flexibility index (Phi) is 6.49. The molecule has 0 aromatic heterocycles. The summed E-state index contributed by atoms with van der Waals surface area (Å²) in [6, 6.07) is 15.0. The number of nitrogens with zero attached hydrogens (tertiary/aromatic N) is 2. The second-order valence-electron chi connectivity index (χ2n) is 8.45. The summed E-state index contributed by atoms with van der Waals surface area (Å²) in [7, 11) is 0. The van der Waals surface area contributed by atoms with Crippen molar-refractivity contribution in [3.8, 4) is 0 Å². The van der Waals surface area contributed by atoms with E-state index in [0.717, 1.165) is 30.8 Å². The lowest BCUT2D eigenvalue weighted by Crippen LogP contribution is -2.54. The molecule has 0 aliphatic carbocycles. The molecule has 2 saturated heterocycles. The normalized spacial score (nSPS) is 17.9. The van der Waals surface area contributed by atoms with Crippen LogP contribution in [0.4, 0.5) is 10.5 Å². The molecule has 1 spiro atoms. The molecule has 2 fully saturated rings. The number of hydrogen-bond donors (Lipinski definition) is 1. The van der Waals surface area contributed by atoms with Gasteiger partial charge in [-0.2, -0.15) is 0 Å². The summed E-state index contributed by atoms with van der Waals surface area (Å²) in [5.41, 5.74) is 2.72. The summed E-state index contributed by atoms with van der Waals surface area (Å²) in [5.74, 6) is 1.43. The Labute approximate surface area is 193 Å². The maximum Gasteiger partial charge on any atom is 0.321 e. The monoisotopic (exact) mass is 457 g/mol. The number of thioether (sulfide) groups is 1. The van der Waals surface area contributed by atoms with Crippen molar-refractivity contribution in [3.63, 3.8) is 0 Å². The first-order valence-corrected chi connectivity index (χ1v) is 12.1. The van der Waals surface area contributed by atoms with Crippen molar-refractivity contribution in [1.82, 2.24) is 9.80 Å². The van der Waals surface area contributed by atoms with Gasteiger partial charge in [0.2, 0.25) is 0 Å². The van der Waals surface area contributed by atoms with Crippen LogP contribution in [0.25, 0.3) is 0 Å². The molecule has 0 unspecified atom stereocenters. The Balaban J connectivity index is 1.38. The highest BCUT2D eigenvalue weighted by Gasteiger charge is 2.47. The third kappa shape index (κ3) is 4.70. The summed E-state index contributed by atoms with van der Waals surface area (Å²) in [6.45, 7) is 6.31. The fraction of sp³-hybridized carbons (Fsp3) is 0.417. The first-order valence-electron chi connectivity index (χ1n) is 10.8. The highest BCUT2D eigenvalue weighted by Crippen LogP contribution is 2.44. The molecule has 2 aliphatic heterocycles. The van der Waals surface area contributed by atoms with Crippen LogP contribution in [0.1, 0.15) is 48.5 Å². The molecule has 164 valence electrons. The zero-order chi connectivity index (χ0) is 22.0. The van der Waals surface area contributed by atoms with E-state index in [2.05, 4.69) is 31.3 Å². The number of piperidine rings is 1. The predicted octanol–water partition coefficient (Wildman–Crippen LogP) is 5.68. The zero-order valence-corrected chi connectivity index (χ0v) is 19.5. The molecule has 2 aromatic rings. The van der Waals surface area contributed by atoms with Crippen molar-refractivity contribution in [1.29, 1.82) is 0 Å². The molecule has 2 heterocycles. The lowest BCUT2D eigenvalue weighted by Gasteiger charge is -2.44. The van der Waals surface area contributed by atoms with E-state index in [1.54, 1.807) is 24.3 Å². The number of rotatable bonds is 3. The zero-order valence-electron chi connectivity index (χ0n) is 17.9. The second kappa shape index (κ2) is 9.13. The van der Waals surface area contributed by atoms with Crippen molar-refractivity contribution in [3.05, 3.63) is 64.7 Å². The quantitative estimate of drug-likeness (QED) is 0.645. The first-order chi connectivity index (χ1) is 14.9. The van der Waals surface area contributed by atoms with Crippen molar-refractivity contribution in [2.45, 2.75) is 37.5 Å². The maximum absolute atomic E-state index is 13.1. The summed E-state index contributed by atoms with van der Waals surface area (Å²) in [4.78, 5) is 29.5. The molecule has 5 nitrogen and oxygen atoms in total. The van der Waals surface area contributed by atoms with E-state index in [0.29, 0.717) is 29.6 Å². The molecular weight excluding hydrogens is 430 g/mol. The van der Waals surface area contributed by atoms with Crippen LogP contribution in [0.15, 0.2) is 48.5 Å². The predicted molar refractivity (Wildman–Crippen MR) is 128 cm³/mol. The van der Waals surface area contributed by atoms with Crippen LogP contribution in [-0.2, 0) is 0 Å². The van der Waals surface area contributed by atoms with Crippen LogP contribution >= 0.6 is 23.4 Å². The summed E-state index contributed by atoms with van der Waals surface area (Å²) < 4.78 is 0. The van der Waals surface area contributed by atoms with Crippen LogP contribution in [0, 0.1) is 0 Å². The molecule has 0 saturated carbocycles. The third-order valence-corrected chi connectivity index (χ3v) is 7.98. The van der Waals surface area contributed by atoms with Crippen LogP contribution in [0.2, 0.25) is 5.02 Å². The molecule has 0 atom stereocenters. The van der Waals surface area contributed by atoms with Gasteiger partial charge in [0.15, 0.2) is 0 Å². The fourth-order valence-corrected chi connectivity index (χ4v) is 5.85. The Morgan fingerprint density at radius 1 is 1.00 bits per heavy atom. The lowest BCUT2D eigenvalue weighted by atomic mass is 10.0. The van der Waals surface area contributed by atoms with Gasteiger partial charge in [-0.3, -0.25) is 4.79 Å². The standard InChI is InChI=1S/C24H28ClN3O2S/c1-17(2)18-5-9-21(10-6-18)26-23(30)27-13-11-24(12-14-27)28(15-16-31-24)22(29)19-3-7-20(25)8-4-19/h3-10,17H,11-16H2,1-2H3,(H,26,30). The number of carbonyl (C=O) groups excluding carboxylic acids is 2. The molecule has 2 aromatic carbocycles. The van der Waals surface area contributed by atoms with Gasteiger partial charge < -0.3 is 15.1 Å². The number of hydrogen-bond acceptors (Lipinski definition) is 3. The Hall–Kier alpha value is -2.18. The number of halogens is 1. The third-order valence-electron chi connectivity index (χ3n) is 6.17. The summed E-state index contributed by atoms with van der Waals surface area (Å²) in [6.07, 6.45) is 1.55. The van der Waals surface area contributed by atoms with Gasteiger partial charge in [0.05, 0.1) is 4.87 Å². The number of likely N-dealkylation sites (tertiary alicyclic amines) is 1. The minimum absolute atomic E-state index is 0.0461. The average molecular weight is 458 g/mol. The van der Waals surface area contributed by atoms with Crippen LogP contribution < -0.4 is 5.32 Å². The van der Waals surface area contributed by atoms with Gasteiger partial charge in [0.25, 0.3) is 5.91 Å². The highest BCUT2D eigenvalue weighted by atomic mass is 35.5. The summed E-state index contributed by atoms with van der Waals surface area (Å²) >= 11 is 7.81. The molecule has 2 aliphatic rings. The van der Waals surface area contributed by atoms with Crippen molar-refractivity contribution in [2.75, 3.05) is 30.7 Å². The van der Waals surface area contributed by atoms with Gasteiger partial charge in [-0.15, -0.1) is 11.8 Å². The number of carbonyl (C=O) groups is 2. The molecular formula is C24H28ClN3O2S. The molecule has 0 radical (unpaired) electrons. The van der Waals surface area contributed by atoms with Gasteiger partial charge >= 0.3 is 6.03 Å². The van der Waals surface area contributed by atoms with Crippen LogP contribution in [0.5, 0.6) is 0 Å². The van der Waals surface area contributed by atoms with Gasteiger partial charge in [0.1, 0.15) is 0 Å². The molecule has 0 bridgehead atoms. The van der Waals surface area contributed by atoms with E-state index in [1.807, 2.05) is 33.7 Å². The number of nitrogens with one attached hydrogen (secondary N) is 1. The summed E-state index contributed by atoms with van der Waals surface area (Å²) in [5, 5.41) is 3.63. The highest BCUT2D eigenvalue weighted by molar-refractivity contribution is 8.00. The van der Waals surface area contributed by atoms with E-state index in [4.69, 9.17) is 11.6 Å². The van der Waals surface area contributed by atoms with Gasteiger partial charge in [-0.05, 0) is 60.7 Å². The van der Waals surface area contributed by atoms with Crippen molar-refractivity contribution in [2.24, 2.45) is 0 Å². The Morgan fingerprint density at radius 3 is 2.26 bits per heavy atom. The molecule has 31 heavy (non-hydrogen) atoms. The van der Waals surface area contributed by atoms with Gasteiger partial charge in [0, 0.05) is 41.7 Å². The first kappa shape index (κ1) is 22.0. The van der Waals surface area contributed by atoms with E-state index in [1.165, 1.54) is 5.56 Å². The minimum Gasteiger partial charge on any atom is -0.324 e. The van der Waals surface area contributed by atoms with E-state index in [-0.39, 0.29) is 16.8 Å². The number of urea groups is 1. The number of amides is 3. The molecule has 4 rings (SSSR count). The molecule has 3 amide bonds. The largest absolute Gasteiger partial charge is 0.324 e. The fourth-order valence-electron chi connectivity index (χ4n) is 4.27. The lowest BCUT2D eigenvalue weighted by molar-refractivity contribution is 0.0585. The smallest absolute Gasteiger partial charge is 0.321 e. The molecule has 7 heteroatoms. The molecule has 1 N–H and O–H groups in total. The second-order valence-corrected chi connectivity index (χ2v) is 10.3. The average Bonchev–Trinajstić information content (AvgIpc) is 3.17. The van der Waals surface area contributed by atoms with Crippen molar-refractivity contribution >= 4 is 41.0 Å².